The van der Waals surface area contributed by atoms with Crippen LogP contribution in [0, 0.1) is 19.7 Å². The first-order chi connectivity index (χ1) is 8.49. The lowest BCUT2D eigenvalue weighted by Crippen LogP contribution is -2.05. The van der Waals surface area contributed by atoms with Crippen molar-refractivity contribution in [2.45, 2.75) is 13.8 Å². The fourth-order valence-electron chi connectivity index (χ4n) is 1.79. The van der Waals surface area contributed by atoms with Crippen LogP contribution in [0.5, 0.6) is 0 Å². The summed E-state index contributed by atoms with van der Waals surface area (Å²) in [5.41, 5.74) is 2.46. The summed E-state index contributed by atoms with van der Waals surface area (Å²) in [6, 6.07) is 9.38. The molecular weight excluding hydrogens is 251 g/mol. The molecule has 92 valence electrons. The summed E-state index contributed by atoms with van der Waals surface area (Å²) >= 11 is 6.05. The third-order valence-electron chi connectivity index (χ3n) is 2.81. The Morgan fingerprint density at radius 3 is 2.44 bits per heavy atom. The topological polar surface area (TPSA) is 17.1 Å². The Kier molecular flexibility index (Phi) is 3.48. The molecule has 0 aliphatic carbocycles. The van der Waals surface area contributed by atoms with E-state index in [0.717, 1.165) is 11.1 Å². The Labute approximate surface area is 110 Å². The van der Waals surface area contributed by atoms with Crippen molar-refractivity contribution < 1.29 is 9.18 Å². The molecule has 0 unspecified atom stereocenters. The summed E-state index contributed by atoms with van der Waals surface area (Å²) in [6.45, 7) is 3.67. The smallest absolute Gasteiger partial charge is 0.194 e. The lowest BCUT2D eigenvalue weighted by atomic mass is 9.98. The number of hydrogen-bond acceptors (Lipinski definition) is 1. The van der Waals surface area contributed by atoms with Crippen LogP contribution in [0.1, 0.15) is 27.0 Å². The van der Waals surface area contributed by atoms with Crippen molar-refractivity contribution >= 4 is 17.4 Å². The SMILES string of the molecule is Cc1ccc(C(=O)c2cc(F)ccc2C)c(Cl)c1. The van der Waals surface area contributed by atoms with E-state index in [1.807, 2.05) is 13.0 Å². The van der Waals surface area contributed by atoms with Gasteiger partial charge in [-0.05, 0) is 49.2 Å². The first-order valence-corrected chi connectivity index (χ1v) is 5.94. The van der Waals surface area contributed by atoms with Gasteiger partial charge < -0.3 is 0 Å². The first kappa shape index (κ1) is 12.8. The van der Waals surface area contributed by atoms with Crippen LogP contribution in [0.3, 0.4) is 0 Å². The summed E-state index contributed by atoms with van der Waals surface area (Å²) in [7, 11) is 0. The lowest BCUT2D eigenvalue weighted by Gasteiger charge is -2.07. The monoisotopic (exact) mass is 262 g/mol. The van der Waals surface area contributed by atoms with Crippen LogP contribution in [-0.2, 0) is 0 Å². The van der Waals surface area contributed by atoms with Crippen LogP contribution < -0.4 is 0 Å². The Morgan fingerprint density at radius 1 is 1.06 bits per heavy atom. The minimum Gasteiger partial charge on any atom is -0.289 e. The summed E-state index contributed by atoms with van der Waals surface area (Å²) < 4.78 is 13.2. The molecule has 0 heterocycles. The number of carbonyl (C=O) groups is 1. The van der Waals surface area contributed by atoms with Gasteiger partial charge in [0.05, 0.1) is 5.02 Å². The predicted octanol–water partition coefficient (Wildman–Crippen LogP) is 4.33. The van der Waals surface area contributed by atoms with Gasteiger partial charge in [-0.1, -0.05) is 23.7 Å². The fourth-order valence-corrected chi connectivity index (χ4v) is 2.11. The Morgan fingerprint density at radius 2 is 1.78 bits per heavy atom. The van der Waals surface area contributed by atoms with Crippen LogP contribution >= 0.6 is 11.6 Å². The predicted molar refractivity (Wildman–Crippen MR) is 70.8 cm³/mol. The molecule has 1 nitrogen and oxygen atoms in total. The third kappa shape index (κ3) is 2.44. The van der Waals surface area contributed by atoms with Crippen molar-refractivity contribution in [2.75, 3.05) is 0 Å². The normalized spacial score (nSPS) is 10.4. The molecule has 0 aliphatic heterocycles. The molecule has 0 bridgehead atoms. The Bertz CT molecular complexity index is 620. The standard InChI is InChI=1S/C15H12ClFO/c1-9-3-6-12(14(16)7-9)15(18)13-8-11(17)5-4-10(13)2/h3-8H,1-2H3. The van der Waals surface area contributed by atoms with E-state index in [1.54, 1.807) is 25.1 Å². The van der Waals surface area contributed by atoms with Crippen LogP contribution in [0.15, 0.2) is 36.4 Å². The molecule has 2 aromatic carbocycles. The second-order valence-electron chi connectivity index (χ2n) is 4.27. The summed E-state index contributed by atoms with van der Waals surface area (Å²) in [4.78, 5) is 12.3. The molecule has 0 N–H and O–H groups in total. The number of hydrogen-bond donors (Lipinski definition) is 0. The van der Waals surface area contributed by atoms with Gasteiger partial charge in [-0.2, -0.15) is 0 Å². The van der Waals surface area contributed by atoms with Crippen molar-refractivity contribution in [2.24, 2.45) is 0 Å². The maximum absolute atomic E-state index is 13.2. The maximum Gasteiger partial charge on any atom is 0.194 e. The van der Waals surface area contributed by atoms with E-state index < -0.39 is 5.82 Å². The van der Waals surface area contributed by atoms with Gasteiger partial charge in [0.2, 0.25) is 0 Å². The van der Waals surface area contributed by atoms with Gasteiger partial charge in [-0.25, -0.2) is 4.39 Å². The van der Waals surface area contributed by atoms with E-state index >= 15 is 0 Å². The van der Waals surface area contributed by atoms with Crippen molar-refractivity contribution in [1.82, 2.24) is 0 Å². The van der Waals surface area contributed by atoms with E-state index in [2.05, 4.69) is 0 Å². The minimum absolute atomic E-state index is 0.253. The molecule has 0 aromatic heterocycles. The molecule has 0 fully saturated rings. The van der Waals surface area contributed by atoms with Crippen LogP contribution in [0.2, 0.25) is 5.02 Å². The van der Waals surface area contributed by atoms with E-state index in [9.17, 15) is 9.18 Å². The highest BCUT2D eigenvalue weighted by molar-refractivity contribution is 6.35. The average Bonchev–Trinajstić information content (AvgIpc) is 2.31. The van der Waals surface area contributed by atoms with Gasteiger partial charge >= 0.3 is 0 Å². The number of benzene rings is 2. The number of carbonyl (C=O) groups excluding carboxylic acids is 1. The lowest BCUT2D eigenvalue weighted by molar-refractivity contribution is 0.103. The van der Waals surface area contributed by atoms with E-state index in [1.165, 1.54) is 12.1 Å². The van der Waals surface area contributed by atoms with Gasteiger partial charge in [-0.15, -0.1) is 0 Å². The molecule has 0 saturated carbocycles. The second-order valence-corrected chi connectivity index (χ2v) is 4.68. The Balaban J connectivity index is 2.51. The zero-order valence-electron chi connectivity index (χ0n) is 10.1. The molecule has 0 spiro atoms. The fraction of sp³-hybridized carbons (Fsp3) is 0.133. The van der Waals surface area contributed by atoms with Gasteiger partial charge in [0, 0.05) is 11.1 Å². The highest BCUT2D eigenvalue weighted by Gasteiger charge is 2.15. The molecular formula is C15H12ClFO. The molecule has 0 radical (unpaired) electrons. The molecule has 0 aliphatic rings. The number of halogens is 2. The highest BCUT2D eigenvalue weighted by Crippen LogP contribution is 2.22. The summed E-state index contributed by atoms with van der Waals surface area (Å²) in [5.74, 6) is -0.677. The third-order valence-corrected chi connectivity index (χ3v) is 3.13. The van der Waals surface area contributed by atoms with E-state index in [0.29, 0.717) is 16.1 Å². The summed E-state index contributed by atoms with van der Waals surface area (Å²) in [5, 5.41) is 0.392. The first-order valence-electron chi connectivity index (χ1n) is 5.56. The van der Waals surface area contributed by atoms with Gasteiger partial charge in [0.1, 0.15) is 5.82 Å². The van der Waals surface area contributed by atoms with Crippen LogP contribution in [0.4, 0.5) is 4.39 Å². The zero-order valence-corrected chi connectivity index (χ0v) is 10.9. The van der Waals surface area contributed by atoms with E-state index in [4.69, 9.17) is 11.6 Å². The van der Waals surface area contributed by atoms with Crippen molar-refractivity contribution in [3.05, 3.63) is 69.5 Å². The average molecular weight is 263 g/mol. The zero-order chi connectivity index (χ0) is 13.3. The summed E-state index contributed by atoms with van der Waals surface area (Å²) in [6.07, 6.45) is 0. The largest absolute Gasteiger partial charge is 0.289 e. The second kappa shape index (κ2) is 4.91. The van der Waals surface area contributed by atoms with E-state index in [-0.39, 0.29) is 5.78 Å². The number of rotatable bonds is 2. The van der Waals surface area contributed by atoms with Crippen molar-refractivity contribution in [1.29, 1.82) is 0 Å². The van der Waals surface area contributed by atoms with Crippen LogP contribution in [0.25, 0.3) is 0 Å². The molecule has 2 aromatic rings. The van der Waals surface area contributed by atoms with Crippen LogP contribution in [-0.4, -0.2) is 5.78 Å². The highest BCUT2D eigenvalue weighted by atomic mass is 35.5. The quantitative estimate of drug-likeness (QED) is 0.737. The Hall–Kier alpha value is -1.67. The molecule has 0 atom stereocenters. The molecule has 18 heavy (non-hydrogen) atoms. The molecule has 3 heteroatoms. The number of ketones is 1. The van der Waals surface area contributed by atoms with Gasteiger partial charge in [0.25, 0.3) is 0 Å². The van der Waals surface area contributed by atoms with Crippen molar-refractivity contribution in [3.63, 3.8) is 0 Å². The van der Waals surface area contributed by atoms with Gasteiger partial charge in [-0.3, -0.25) is 4.79 Å². The molecule has 2 rings (SSSR count). The molecule has 0 saturated heterocycles. The molecule has 0 amide bonds. The number of aryl methyl sites for hydroxylation is 2. The minimum atomic E-state index is -0.424. The van der Waals surface area contributed by atoms with Crippen molar-refractivity contribution in [3.8, 4) is 0 Å². The maximum atomic E-state index is 13.2. The van der Waals surface area contributed by atoms with Gasteiger partial charge in [0.15, 0.2) is 5.78 Å².